The summed E-state index contributed by atoms with van der Waals surface area (Å²) in [6.07, 6.45) is 0.823. The normalized spacial score (nSPS) is 12.1. The Morgan fingerprint density at radius 2 is 1.54 bits per heavy atom. The van der Waals surface area contributed by atoms with Crippen LogP contribution < -0.4 is 5.63 Å². The summed E-state index contributed by atoms with van der Waals surface area (Å²) >= 11 is 0. The number of aromatic hydroxyl groups is 2. The van der Waals surface area contributed by atoms with Crippen molar-refractivity contribution in [2.75, 3.05) is 0 Å². The van der Waals surface area contributed by atoms with E-state index in [9.17, 15) is 15.0 Å². The van der Waals surface area contributed by atoms with Gasteiger partial charge in [0.15, 0.2) is 0 Å². The molecule has 2 radical (unpaired) electrons. The molecule has 0 spiro atoms. The Kier molecular flexibility index (Phi) is 8.17. The third-order valence-electron chi connectivity index (χ3n) is 7.86. The van der Waals surface area contributed by atoms with Crippen molar-refractivity contribution >= 4 is 21.9 Å². The number of aryl methyl sites for hydroxylation is 4. The van der Waals surface area contributed by atoms with E-state index in [1.807, 2.05) is 32.0 Å². The van der Waals surface area contributed by atoms with E-state index in [0.29, 0.717) is 23.2 Å². The zero-order valence-electron chi connectivity index (χ0n) is 21.7. The largest absolute Gasteiger partial charge is 0.508 e. The summed E-state index contributed by atoms with van der Waals surface area (Å²) in [6.45, 7) is 10.8. The van der Waals surface area contributed by atoms with Gasteiger partial charge in [0.05, 0.1) is 5.69 Å². The van der Waals surface area contributed by atoms with Gasteiger partial charge in [0.25, 0.3) is 0 Å². The van der Waals surface area contributed by atoms with Gasteiger partial charge in [-0.3, -0.25) is 0 Å². The molecule has 1 aliphatic heterocycles. The smallest absolute Gasteiger partial charge is 0.361 e. The number of benzene rings is 3. The molecule has 2 aromatic heterocycles. The molecule has 0 aliphatic carbocycles. The van der Waals surface area contributed by atoms with E-state index in [4.69, 9.17) is 4.42 Å². The van der Waals surface area contributed by atoms with Gasteiger partial charge < -0.3 is 19.2 Å². The SMILES string of the molecule is Cc1ccc(-c2c3n(c4c(=O)oc5cc(O)c(C)cc5c24)CCc2c-3cc(C)c(C)c2C)cc1O.[Ac].[Ac]. The van der Waals surface area contributed by atoms with Crippen LogP contribution in [-0.4, -0.2) is 14.8 Å². The van der Waals surface area contributed by atoms with Gasteiger partial charge in [0.2, 0.25) is 0 Å². The Morgan fingerprint density at radius 3 is 2.24 bits per heavy atom. The monoisotopic (exact) mass is 919 g/mol. The van der Waals surface area contributed by atoms with Gasteiger partial charge in [-0.25, -0.2) is 4.79 Å². The first-order valence-electron chi connectivity index (χ1n) is 11.9. The minimum absolute atomic E-state index is 0. The molecule has 1 aliphatic rings. The van der Waals surface area contributed by atoms with Crippen molar-refractivity contribution in [3.63, 3.8) is 0 Å². The summed E-state index contributed by atoms with van der Waals surface area (Å²) in [6, 6.07) is 11.3. The van der Waals surface area contributed by atoms with E-state index in [0.717, 1.165) is 45.1 Å². The standard InChI is InChI=1S/C30H27NO4.2Ac/c1-14-6-7-19(12-23(14)32)26-27-22-11-16(3)24(33)13-25(22)35-30(34)29(27)31-9-8-20-18(5)17(4)15(2)10-21(20)28(26)31;;/h6-7,10-13,32-33H,8-9H2,1-5H3;;. The van der Waals surface area contributed by atoms with Crippen LogP contribution in [0.4, 0.5) is 0 Å². The molecule has 5 aromatic rings. The van der Waals surface area contributed by atoms with Crippen molar-refractivity contribution in [1.29, 1.82) is 0 Å². The second-order valence-electron chi connectivity index (χ2n) is 9.84. The average molecular weight is 920 g/mol. The molecular weight excluding hydrogens is 892 g/mol. The first-order valence-corrected chi connectivity index (χ1v) is 11.9. The third kappa shape index (κ3) is 4.38. The quantitative estimate of drug-likeness (QED) is 0.186. The molecule has 0 unspecified atom stereocenters. The van der Waals surface area contributed by atoms with Crippen LogP contribution in [0.25, 0.3) is 44.3 Å². The maximum absolute atomic E-state index is 13.4. The van der Waals surface area contributed by atoms with Crippen LogP contribution in [0.2, 0.25) is 0 Å². The number of rotatable bonds is 1. The van der Waals surface area contributed by atoms with Gasteiger partial charge in [0.1, 0.15) is 22.6 Å². The summed E-state index contributed by atoms with van der Waals surface area (Å²) in [7, 11) is 0. The molecule has 3 heterocycles. The predicted molar refractivity (Wildman–Crippen MR) is 140 cm³/mol. The van der Waals surface area contributed by atoms with E-state index in [2.05, 4.69) is 31.4 Å². The Bertz CT molecular complexity index is 1800. The van der Waals surface area contributed by atoms with Crippen molar-refractivity contribution in [3.05, 3.63) is 80.2 Å². The average Bonchev–Trinajstić information content (AvgIpc) is 3.17. The van der Waals surface area contributed by atoms with Crippen LogP contribution in [0.15, 0.2) is 45.6 Å². The first kappa shape index (κ1) is 28.9. The number of phenols is 2. The molecule has 0 atom stereocenters. The minimum atomic E-state index is -0.427. The molecule has 6 rings (SSSR count). The van der Waals surface area contributed by atoms with Gasteiger partial charge in [-0.1, -0.05) is 12.1 Å². The van der Waals surface area contributed by atoms with Gasteiger partial charge in [-0.2, -0.15) is 0 Å². The Hall–Kier alpha value is -1.11. The molecule has 2 N–H and O–H groups in total. The van der Waals surface area contributed by atoms with Gasteiger partial charge >= 0.3 is 5.63 Å². The van der Waals surface area contributed by atoms with Crippen LogP contribution in [0.1, 0.15) is 33.4 Å². The Morgan fingerprint density at radius 1 is 0.838 bits per heavy atom. The second-order valence-corrected chi connectivity index (χ2v) is 9.84. The maximum Gasteiger partial charge on any atom is 0.361 e. The number of phenolic OH excluding ortho intramolecular Hbond substituents is 2. The van der Waals surface area contributed by atoms with Gasteiger partial charge in [-0.05, 0) is 98.2 Å². The zero-order valence-corrected chi connectivity index (χ0v) is 31.2. The molecule has 3 aromatic carbocycles. The number of fused-ring (bicyclic) bond motifs is 7. The van der Waals surface area contributed by atoms with Crippen LogP contribution in [0.5, 0.6) is 11.5 Å². The van der Waals surface area contributed by atoms with Crippen LogP contribution >= 0.6 is 0 Å². The van der Waals surface area contributed by atoms with E-state index < -0.39 is 5.63 Å². The summed E-state index contributed by atoms with van der Waals surface area (Å²) in [5, 5.41) is 22.5. The molecule has 37 heavy (non-hydrogen) atoms. The summed E-state index contributed by atoms with van der Waals surface area (Å²) in [5.74, 6) is 0.301. The number of aromatic nitrogens is 1. The van der Waals surface area contributed by atoms with Crippen LogP contribution in [0, 0.1) is 123 Å². The van der Waals surface area contributed by atoms with Crippen molar-refractivity contribution in [2.45, 2.75) is 47.6 Å². The van der Waals surface area contributed by atoms with Gasteiger partial charge in [-0.15, -0.1) is 0 Å². The molecule has 7 heteroatoms. The summed E-state index contributed by atoms with van der Waals surface area (Å²) in [5.41, 5.74) is 10.9. The Labute approximate surface area is 287 Å². The van der Waals surface area contributed by atoms with E-state index in [1.165, 1.54) is 28.3 Å². The van der Waals surface area contributed by atoms with Crippen molar-refractivity contribution in [3.8, 4) is 33.9 Å². The summed E-state index contributed by atoms with van der Waals surface area (Å²) in [4.78, 5) is 13.4. The number of hydrogen-bond acceptors (Lipinski definition) is 4. The molecular formula is C30H27Ac2NO4. The molecule has 0 saturated heterocycles. The second kappa shape index (κ2) is 10.5. The number of hydrogen-bond donors (Lipinski definition) is 2. The number of nitrogens with zero attached hydrogens (tertiary/aromatic N) is 1. The third-order valence-corrected chi connectivity index (χ3v) is 7.86. The topological polar surface area (TPSA) is 75.6 Å². The predicted octanol–water partition coefficient (Wildman–Crippen LogP) is 6.59. The molecule has 0 bridgehead atoms. The molecule has 0 saturated carbocycles. The fourth-order valence-electron chi connectivity index (χ4n) is 5.64. The van der Waals surface area contributed by atoms with E-state index in [1.54, 1.807) is 6.07 Å². The van der Waals surface area contributed by atoms with Crippen LogP contribution in [0.3, 0.4) is 0 Å². The van der Waals surface area contributed by atoms with Crippen molar-refractivity contribution < 1.29 is 103 Å². The fraction of sp³-hybridized carbons (Fsp3) is 0.233. The van der Waals surface area contributed by atoms with Gasteiger partial charge in [0, 0.05) is 123 Å². The molecule has 182 valence electrons. The van der Waals surface area contributed by atoms with Crippen molar-refractivity contribution in [2.24, 2.45) is 0 Å². The Balaban J connectivity index is 0.00000160. The first-order chi connectivity index (χ1) is 16.7. The summed E-state index contributed by atoms with van der Waals surface area (Å²) < 4.78 is 7.83. The minimum Gasteiger partial charge on any atom is -0.508 e. The van der Waals surface area contributed by atoms with E-state index >= 15 is 0 Å². The molecule has 5 nitrogen and oxygen atoms in total. The molecule has 0 amide bonds. The molecule has 0 fully saturated rings. The fourth-order valence-corrected chi connectivity index (χ4v) is 5.64. The zero-order chi connectivity index (χ0) is 24.8. The van der Waals surface area contributed by atoms with Crippen LogP contribution in [-0.2, 0) is 13.0 Å². The van der Waals surface area contributed by atoms with Crippen molar-refractivity contribution in [1.82, 2.24) is 4.57 Å². The maximum atomic E-state index is 13.4. The van der Waals surface area contributed by atoms with E-state index in [-0.39, 0.29) is 99.6 Å².